The average Bonchev–Trinajstić information content (AvgIpc) is 1.94. The van der Waals surface area contributed by atoms with Gasteiger partial charge in [-0.05, 0) is 32.4 Å². The van der Waals surface area contributed by atoms with E-state index in [4.69, 9.17) is 5.73 Å². The number of hydrogen-bond acceptors (Lipinski definition) is 1. The van der Waals surface area contributed by atoms with Crippen molar-refractivity contribution < 1.29 is 8.78 Å². The molecule has 0 unspecified atom stereocenters. The minimum Gasteiger partial charge on any atom is -0.322 e. The molecule has 0 aliphatic carbocycles. The van der Waals surface area contributed by atoms with Crippen LogP contribution in [0.1, 0.15) is 25.0 Å². The lowest BCUT2D eigenvalue weighted by atomic mass is 9.93. The number of nitrogens with two attached hydrogens (primary N) is 1. The first kappa shape index (κ1) is 10.1. The summed E-state index contributed by atoms with van der Waals surface area (Å²) in [5, 5.41) is 0. The zero-order valence-electron chi connectivity index (χ0n) is 7.99. The van der Waals surface area contributed by atoms with Crippen LogP contribution >= 0.6 is 0 Å². The van der Waals surface area contributed by atoms with Crippen LogP contribution in [0.3, 0.4) is 0 Å². The van der Waals surface area contributed by atoms with Gasteiger partial charge < -0.3 is 5.73 Å². The van der Waals surface area contributed by atoms with Gasteiger partial charge in [0.1, 0.15) is 0 Å². The molecule has 0 aliphatic heterocycles. The average molecular weight is 185 g/mol. The monoisotopic (exact) mass is 185 g/mol. The van der Waals surface area contributed by atoms with Crippen LogP contribution in [-0.4, -0.2) is 0 Å². The second kappa shape index (κ2) is 3.07. The van der Waals surface area contributed by atoms with Crippen molar-refractivity contribution in [2.75, 3.05) is 0 Å². The summed E-state index contributed by atoms with van der Waals surface area (Å²) in [6, 6.07) is 2.73. The van der Waals surface area contributed by atoms with Gasteiger partial charge in [0.25, 0.3) is 0 Å². The Kier molecular flexibility index (Phi) is 2.39. The van der Waals surface area contributed by atoms with Gasteiger partial charge in [-0.2, -0.15) is 0 Å². The van der Waals surface area contributed by atoms with E-state index in [-0.39, 0.29) is 5.56 Å². The minimum absolute atomic E-state index is 0.213. The fourth-order valence-corrected chi connectivity index (χ4v) is 1.19. The summed E-state index contributed by atoms with van der Waals surface area (Å²) in [6.45, 7) is 4.99. The molecular weight excluding hydrogens is 172 g/mol. The van der Waals surface area contributed by atoms with Crippen molar-refractivity contribution >= 4 is 0 Å². The molecular formula is C10H13F2N. The molecule has 1 aromatic carbocycles. The molecule has 0 amide bonds. The SMILES string of the molecule is Cc1cc(F)c(F)c(C(C)(C)N)c1. The van der Waals surface area contributed by atoms with Crippen LogP contribution in [0.5, 0.6) is 0 Å². The fraction of sp³-hybridized carbons (Fsp3) is 0.400. The molecule has 72 valence electrons. The van der Waals surface area contributed by atoms with Crippen LogP contribution in [0.15, 0.2) is 12.1 Å². The lowest BCUT2D eigenvalue weighted by Crippen LogP contribution is -2.30. The molecule has 0 aliphatic rings. The second-order valence-corrected chi connectivity index (χ2v) is 3.83. The van der Waals surface area contributed by atoms with Gasteiger partial charge in [0.05, 0.1) is 0 Å². The third kappa shape index (κ3) is 2.04. The van der Waals surface area contributed by atoms with E-state index < -0.39 is 17.2 Å². The highest BCUT2D eigenvalue weighted by Gasteiger charge is 2.21. The molecule has 2 N–H and O–H groups in total. The highest BCUT2D eigenvalue weighted by molar-refractivity contribution is 5.30. The van der Waals surface area contributed by atoms with E-state index >= 15 is 0 Å². The van der Waals surface area contributed by atoms with Crippen molar-refractivity contribution in [1.82, 2.24) is 0 Å². The van der Waals surface area contributed by atoms with E-state index in [1.807, 2.05) is 0 Å². The Labute approximate surface area is 76.6 Å². The molecule has 1 nitrogen and oxygen atoms in total. The quantitative estimate of drug-likeness (QED) is 0.714. The first-order chi connectivity index (χ1) is 5.82. The Balaban J connectivity index is 3.37. The Bertz CT molecular complexity index is 326. The number of rotatable bonds is 1. The first-order valence-electron chi connectivity index (χ1n) is 4.07. The molecule has 13 heavy (non-hydrogen) atoms. The van der Waals surface area contributed by atoms with E-state index in [2.05, 4.69) is 0 Å². The maximum Gasteiger partial charge on any atom is 0.163 e. The van der Waals surface area contributed by atoms with Gasteiger partial charge in [0, 0.05) is 11.1 Å². The van der Waals surface area contributed by atoms with E-state index in [1.165, 1.54) is 0 Å². The molecule has 0 spiro atoms. The van der Waals surface area contributed by atoms with E-state index in [1.54, 1.807) is 26.8 Å². The van der Waals surface area contributed by atoms with Gasteiger partial charge in [0.2, 0.25) is 0 Å². The van der Waals surface area contributed by atoms with Gasteiger partial charge in [-0.1, -0.05) is 6.07 Å². The Hall–Kier alpha value is -0.960. The molecule has 0 atom stereocenters. The van der Waals surface area contributed by atoms with Gasteiger partial charge >= 0.3 is 0 Å². The zero-order valence-corrected chi connectivity index (χ0v) is 7.99. The summed E-state index contributed by atoms with van der Waals surface area (Å²) in [4.78, 5) is 0. The Morgan fingerprint density at radius 2 is 1.77 bits per heavy atom. The van der Waals surface area contributed by atoms with Crippen molar-refractivity contribution in [3.8, 4) is 0 Å². The topological polar surface area (TPSA) is 26.0 Å². The van der Waals surface area contributed by atoms with Gasteiger partial charge in [0.15, 0.2) is 11.6 Å². The maximum absolute atomic E-state index is 13.2. The summed E-state index contributed by atoms with van der Waals surface area (Å²) in [6.07, 6.45) is 0. The predicted octanol–water partition coefficient (Wildman–Crippen LogP) is 2.47. The molecule has 0 heterocycles. The van der Waals surface area contributed by atoms with Crippen molar-refractivity contribution in [2.24, 2.45) is 5.73 Å². The van der Waals surface area contributed by atoms with Gasteiger partial charge in [-0.25, -0.2) is 8.78 Å². The van der Waals surface area contributed by atoms with Crippen LogP contribution in [0.25, 0.3) is 0 Å². The molecule has 0 radical (unpaired) electrons. The first-order valence-corrected chi connectivity index (χ1v) is 4.07. The van der Waals surface area contributed by atoms with E-state index in [0.717, 1.165) is 6.07 Å². The smallest absolute Gasteiger partial charge is 0.163 e. The van der Waals surface area contributed by atoms with Crippen molar-refractivity contribution in [1.29, 1.82) is 0 Å². The molecule has 0 saturated heterocycles. The fourth-order valence-electron chi connectivity index (χ4n) is 1.19. The summed E-state index contributed by atoms with van der Waals surface area (Å²) in [5.41, 5.74) is 5.72. The molecule has 0 bridgehead atoms. The van der Waals surface area contributed by atoms with E-state index in [0.29, 0.717) is 5.56 Å². The summed E-state index contributed by atoms with van der Waals surface area (Å²) >= 11 is 0. The lowest BCUT2D eigenvalue weighted by Gasteiger charge is -2.20. The minimum atomic E-state index is -0.850. The molecule has 0 aromatic heterocycles. The highest BCUT2D eigenvalue weighted by atomic mass is 19.2. The molecule has 0 fully saturated rings. The van der Waals surface area contributed by atoms with Crippen LogP contribution in [0, 0.1) is 18.6 Å². The van der Waals surface area contributed by atoms with Gasteiger partial charge in [-0.15, -0.1) is 0 Å². The molecule has 1 aromatic rings. The molecule has 0 saturated carbocycles. The molecule has 3 heteroatoms. The number of hydrogen-bond donors (Lipinski definition) is 1. The van der Waals surface area contributed by atoms with Crippen LogP contribution in [0.2, 0.25) is 0 Å². The van der Waals surface area contributed by atoms with Crippen molar-refractivity contribution in [2.45, 2.75) is 26.3 Å². The third-order valence-corrected chi connectivity index (χ3v) is 1.87. The van der Waals surface area contributed by atoms with Crippen molar-refractivity contribution in [3.05, 3.63) is 34.9 Å². The standard InChI is InChI=1S/C10H13F2N/c1-6-4-7(10(2,3)13)9(12)8(11)5-6/h4-5H,13H2,1-3H3. The molecule has 1 rings (SSSR count). The van der Waals surface area contributed by atoms with Crippen LogP contribution < -0.4 is 5.73 Å². The summed E-state index contributed by atoms with van der Waals surface area (Å²) in [7, 11) is 0. The maximum atomic E-state index is 13.2. The van der Waals surface area contributed by atoms with Gasteiger partial charge in [-0.3, -0.25) is 0 Å². The third-order valence-electron chi connectivity index (χ3n) is 1.87. The number of aryl methyl sites for hydroxylation is 1. The highest BCUT2D eigenvalue weighted by Crippen LogP contribution is 2.23. The normalized spacial score (nSPS) is 11.8. The Morgan fingerprint density at radius 1 is 1.23 bits per heavy atom. The predicted molar refractivity (Wildman–Crippen MR) is 48.3 cm³/mol. The van der Waals surface area contributed by atoms with Crippen LogP contribution in [-0.2, 0) is 5.54 Å². The van der Waals surface area contributed by atoms with E-state index in [9.17, 15) is 8.78 Å². The lowest BCUT2D eigenvalue weighted by molar-refractivity contribution is 0.454. The number of halogens is 2. The number of benzene rings is 1. The Morgan fingerprint density at radius 3 is 2.23 bits per heavy atom. The second-order valence-electron chi connectivity index (χ2n) is 3.83. The largest absolute Gasteiger partial charge is 0.322 e. The zero-order chi connectivity index (χ0) is 10.2. The summed E-state index contributed by atoms with van der Waals surface area (Å²) in [5.74, 6) is -1.69. The van der Waals surface area contributed by atoms with Crippen molar-refractivity contribution in [3.63, 3.8) is 0 Å². The van der Waals surface area contributed by atoms with Crippen LogP contribution in [0.4, 0.5) is 8.78 Å². The summed E-state index contributed by atoms with van der Waals surface area (Å²) < 4.78 is 26.2.